The van der Waals surface area contributed by atoms with Crippen molar-refractivity contribution in [3.05, 3.63) is 58.7 Å². The van der Waals surface area contributed by atoms with Crippen LogP contribution in [0.25, 0.3) is 0 Å². The van der Waals surface area contributed by atoms with E-state index in [1.807, 2.05) is 6.92 Å². The van der Waals surface area contributed by atoms with Crippen LogP contribution in [0, 0.1) is 13.8 Å². The molecule has 1 aliphatic heterocycles. The van der Waals surface area contributed by atoms with E-state index in [0.29, 0.717) is 28.2 Å². The number of aryl methyl sites for hydroxylation is 1. The molecule has 2 aromatic carbocycles. The van der Waals surface area contributed by atoms with E-state index in [4.69, 9.17) is 9.47 Å². The molecular formula is C21H21NO5. The summed E-state index contributed by atoms with van der Waals surface area (Å²) in [4.78, 5) is 37.6. The molecule has 1 aliphatic rings. The van der Waals surface area contributed by atoms with Gasteiger partial charge in [-0.15, -0.1) is 0 Å². The summed E-state index contributed by atoms with van der Waals surface area (Å²) in [5.41, 5.74) is 2.40. The van der Waals surface area contributed by atoms with E-state index in [0.717, 1.165) is 5.56 Å². The minimum absolute atomic E-state index is 0.136. The lowest BCUT2D eigenvalue weighted by molar-refractivity contribution is -0.131. The lowest BCUT2D eigenvalue weighted by Gasteiger charge is -2.24. The molecule has 27 heavy (non-hydrogen) atoms. The van der Waals surface area contributed by atoms with Gasteiger partial charge < -0.3 is 9.47 Å². The average Bonchev–Trinajstić information content (AvgIpc) is 2.88. The first-order chi connectivity index (χ1) is 12.8. The van der Waals surface area contributed by atoms with E-state index in [1.54, 1.807) is 50.2 Å². The van der Waals surface area contributed by atoms with Gasteiger partial charge in [-0.25, -0.2) is 0 Å². The molecule has 0 aliphatic carbocycles. The second-order valence-corrected chi connectivity index (χ2v) is 6.61. The first-order valence-corrected chi connectivity index (χ1v) is 8.69. The maximum atomic E-state index is 12.6. The standard InChI is InChI=1S/C21H21NO5/c1-12-9-10-18(27-15(4)23)14(3)19(12)26-11-13(2)22-20(24)16-7-5-6-8-17(16)21(22)25/h5-10,13H,11H2,1-4H3. The van der Waals surface area contributed by atoms with Crippen LogP contribution in [0.2, 0.25) is 0 Å². The zero-order valence-electron chi connectivity index (χ0n) is 15.7. The number of carbonyl (C=O) groups excluding carboxylic acids is 3. The fourth-order valence-electron chi connectivity index (χ4n) is 3.18. The van der Waals surface area contributed by atoms with Crippen LogP contribution >= 0.6 is 0 Å². The molecule has 0 fully saturated rings. The highest BCUT2D eigenvalue weighted by Gasteiger charge is 2.38. The molecular weight excluding hydrogens is 346 g/mol. The van der Waals surface area contributed by atoms with Crippen LogP contribution in [-0.2, 0) is 4.79 Å². The van der Waals surface area contributed by atoms with Crippen molar-refractivity contribution in [2.24, 2.45) is 0 Å². The van der Waals surface area contributed by atoms with E-state index in [-0.39, 0.29) is 18.4 Å². The van der Waals surface area contributed by atoms with Gasteiger partial charge in [-0.3, -0.25) is 19.3 Å². The molecule has 3 rings (SSSR count). The van der Waals surface area contributed by atoms with Gasteiger partial charge in [0, 0.05) is 12.5 Å². The van der Waals surface area contributed by atoms with Gasteiger partial charge in [0.1, 0.15) is 18.1 Å². The van der Waals surface area contributed by atoms with Gasteiger partial charge in [-0.05, 0) is 44.5 Å². The predicted molar refractivity (Wildman–Crippen MR) is 99.1 cm³/mol. The van der Waals surface area contributed by atoms with E-state index in [1.165, 1.54) is 11.8 Å². The summed E-state index contributed by atoms with van der Waals surface area (Å²) in [6.45, 7) is 6.92. The van der Waals surface area contributed by atoms with Crippen molar-refractivity contribution in [2.45, 2.75) is 33.7 Å². The molecule has 0 saturated carbocycles. The van der Waals surface area contributed by atoms with Crippen LogP contribution in [0.4, 0.5) is 0 Å². The van der Waals surface area contributed by atoms with Crippen LogP contribution in [0.1, 0.15) is 45.7 Å². The predicted octanol–water partition coefficient (Wildman–Crippen LogP) is 3.29. The largest absolute Gasteiger partial charge is 0.491 e. The molecule has 0 saturated heterocycles. The number of esters is 1. The average molecular weight is 367 g/mol. The van der Waals surface area contributed by atoms with Crippen LogP contribution in [-0.4, -0.2) is 35.3 Å². The molecule has 2 amide bonds. The Hall–Kier alpha value is -3.15. The van der Waals surface area contributed by atoms with Gasteiger partial charge in [-0.1, -0.05) is 18.2 Å². The monoisotopic (exact) mass is 367 g/mol. The zero-order chi connectivity index (χ0) is 19.7. The van der Waals surface area contributed by atoms with Gasteiger partial charge in [0.2, 0.25) is 0 Å². The highest BCUT2D eigenvalue weighted by molar-refractivity contribution is 6.21. The first-order valence-electron chi connectivity index (χ1n) is 8.69. The molecule has 1 atom stereocenters. The third-order valence-corrected chi connectivity index (χ3v) is 4.54. The molecule has 0 bridgehead atoms. The Labute approximate surface area is 157 Å². The molecule has 0 spiro atoms. The SMILES string of the molecule is CC(=O)Oc1ccc(C)c(OCC(C)N2C(=O)c3ccccc3C2=O)c1C. The molecule has 1 heterocycles. The summed E-state index contributed by atoms with van der Waals surface area (Å²) in [6.07, 6.45) is 0. The van der Waals surface area contributed by atoms with Gasteiger partial charge in [-0.2, -0.15) is 0 Å². The van der Waals surface area contributed by atoms with E-state index >= 15 is 0 Å². The zero-order valence-corrected chi connectivity index (χ0v) is 15.7. The van der Waals surface area contributed by atoms with Crippen molar-refractivity contribution in [3.8, 4) is 11.5 Å². The Kier molecular flexibility index (Phi) is 4.99. The number of benzene rings is 2. The van der Waals surface area contributed by atoms with E-state index in [9.17, 15) is 14.4 Å². The topological polar surface area (TPSA) is 72.9 Å². The number of imide groups is 1. The Bertz CT molecular complexity index is 899. The maximum absolute atomic E-state index is 12.6. The van der Waals surface area contributed by atoms with Crippen LogP contribution < -0.4 is 9.47 Å². The highest BCUT2D eigenvalue weighted by atomic mass is 16.5. The number of carbonyl (C=O) groups is 3. The van der Waals surface area contributed by atoms with Crippen molar-refractivity contribution in [2.75, 3.05) is 6.61 Å². The highest BCUT2D eigenvalue weighted by Crippen LogP contribution is 2.32. The molecule has 0 radical (unpaired) electrons. The van der Waals surface area contributed by atoms with Gasteiger partial charge in [0.15, 0.2) is 0 Å². The minimum Gasteiger partial charge on any atom is -0.491 e. The Morgan fingerprint density at radius 3 is 2.19 bits per heavy atom. The van der Waals surface area contributed by atoms with Crippen molar-refractivity contribution in [1.82, 2.24) is 4.90 Å². The molecule has 6 nitrogen and oxygen atoms in total. The number of nitrogens with zero attached hydrogens (tertiary/aromatic N) is 1. The molecule has 1 unspecified atom stereocenters. The van der Waals surface area contributed by atoms with Gasteiger partial charge in [0.05, 0.1) is 17.2 Å². The lowest BCUT2D eigenvalue weighted by atomic mass is 10.1. The number of rotatable bonds is 5. The quantitative estimate of drug-likeness (QED) is 0.461. The normalized spacial score (nSPS) is 14.1. The minimum atomic E-state index is -0.450. The van der Waals surface area contributed by atoms with E-state index in [2.05, 4.69) is 0 Å². The number of amides is 2. The van der Waals surface area contributed by atoms with Crippen LogP contribution in [0.5, 0.6) is 11.5 Å². The Balaban J connectivity index is 1.77. The third kappa shape index (κ3) is 3.43. The van der Waals surface area contributed by atoms with E-state index < -0.39 is 12.0 Å². The summed E-state index contributed by atoms with van der Waals surface area (Å²) in [6, 6.07) is 9.84. The number of hydrogen-bond acceptors (Lipinski definition) is 5. The van der Waals surface area contributed by atoms with Gasteiger partial charge >= 0.3 is 5.97 Å². The van der Waals surface area contributed by atoms with Crippen molar-refractivity contribution < 1.29 is 23.9 Å². The molecule has 140 valence electrons. The Morgan fingerprint density at radius 1 is 1.04 bits per heavy atom. The molecule has 0 aromatic heterocycles. The third-order valence-electron chi connectivity index (χ3n) is 4.54. The summed E-state index contributed by atoms with van der Waals surface area (Å²) in [5.74, 6) is -0.0244. The fraction of sp³-hybridized carbons (Fsp3) is 0.286. The van der Waals surface area contributed by atoms with Crippen LogP contribution in [0.15, 0.2) is 36.4 Å². The number of hydrogen-bond donors (Lipinski definition) is 0. The second-order valence-electron chi connectivity index (χ2n) is 6.61. The van der Waals surface area contributed by atoms with Crippen molar-refractivity contribution >= 4 is 17.8 Å². The summed E-state index contributed by atoms with van der Waals surface area (Å²) < 4.78 is 11.1. The lowest BCUT2D eigenvalue weighted by Crippen LogP contribution is -2.41. The number of fused-ring (bicyclic) bond motifs is 1. The summed E-state index contributed by atoms with van der Waals surface area (Å²) >= 11 is 0. The molecule has 2 aromatic rings. The molecule has 0 N–H and O–H groups in total. The molecule has 6 heteroatoms. The summed E-state index contributed by atoms with van der Waals surface area (Å²) in [5, 5.41) is 0. The number of ether oxygens (including phenoxy) is 2. The van der Waals surface area contributed by atoms with Gasteiger partial charge in [0.25, 0.3) is 11.8 Å². The fourth-order valence-corrected chi connectivity index (χ4v) is 3.18. The van der Waals surface area contributed by atoms with Crippen molar-refractivity contribution in [3.63, 3.8) is 0 Å². The Morgan fingerprint density at radius 2 is 1.63 bits per heavy atom. The van der Waals surface area contributed by atoms with Crippen LogP contribution in [0.3, 0.4) is 0 Å². The second kappa shape index (κ2) is 7.23. The first kappa shape index (κ1) is 18.6. The van der Waals surface area contributed by atoms with Crippen molar-refractivity contribution in [1.29, 1.82) is 0 Å². The smallest absolute Gasteiger partial charge is 0.308 e. The maximum Gasteiger partial charge on any atom is 0.308 e. The summed E-state index contributed by atoms with van der Waals surface area (Å²) in [7, 11) is 0.